The zero-order valence-corrected chi connectivity index (χ0v) is 17.1. The Kier molecular flexibility index (Phi) is 5.03. The topological polar surface area (TPSA) is 86.0 Å². The maximum absolute atomic E-state index is 10.4. The fraction of sp³-hybridized carbons (Fsp3) is 0.550. The first-order chi connectivity index (χ1) is 12.5. The van der Waals surface area contributed by atoms with E-state index >= 15 is 0 Å². The van der Waals surface area contributed by atoms with Gasteiger partial charge in [-0.05, 0) is 36.8 Å². The summed E-state index contributed by atoms with van der Waals surface area (Å²) in [5.41, 5.74) is 6.57. The molecule has 0 spiro atoms. The lowest BCUT2D eigenvalue weighted by molar-refractivity contribution is 0.563. The van der Waals surface area contributed by atoms with Crippen molar-refractivity contribution in [3.63, 3.8) is 0 Å². The summed E-state index contributed by atoms with van der Waals surface area (Å²) < 4.78 is -0.706. The molecule has 136 valence electrons. The molecule has 2 aliphatic rings. The van der Waals surface area contributed by atoms with Gasteiger partial charge in [0.15, 0.2) is 4.20 Å². The molecule has 3 atom stereocenters. The minimum Gasteiger partial charge on any atom is -0.386 e. The fourth-order valence-electron chi connectivity index (χ4n) is 4.19. The zero-order chi connectivity index (χ0) is 19.0. The van der Waals surface area contributed by atoms with Crippen molar-refractivity contribution in [2.75, 3.05) is 11.5 Å². The maximum atomic E-state index is 10.4. The van der Waals surface area contributed by atoms with Crippen LogP contribution in [0.15, 0.2) is 29.3 Å². The summed E-state index contributed by atoms with van der Waals surface area (Å²) in [6.45, 7) is 6.27. The molecule has 6 heteroatoms. The van der Waals surface area contributed by atoms with Crippen LogP contribution in [-0.2, 0) is 0 Å². The Morgan fingerprint density at radius 1 is 1.15 bits per heavy atom. The molecular formula is C20H24N4S2. The van der Waals surface area contributed by atoms with Gasteiger partial charge in [-0.25, -0.2) is 4.99 Å². The third-order valence-electron chi connectivity index (χ3n) is 5.31. The van der Waals surface area contributed by atoms with Crippen LogP contribution in [0.3, 0.4) is 0 Å². The molecule has 0 bridgehead atoms. The maximum Gasteiger partial charge on any atom is 0.175 e. The number of hydrogen-bond acceptors (Lipinski definition) is 6. The predicted molar refractivity (Wildman–Crippen MR) is 110 cm³/mol. The summed E-state index contributed by atoms with van der Waals surface area (Å²) in [6, 6.07) is 13.1. The van der Waals surface area contributed by atoms with Crippen LogP contribution in [0.5, 0.6) is 0 Å². The van der Waals surface area contributed by atoms with Crippen molar-refractivity contribution in [3.8, 4) is 12.1 Å². The highest BCUT2D eigenvalue weighted by molar-refractivity contribution is 8.18. The molecule has 4 nitrogen and oxygen atoms in total. The van der Waals surface area contributed by atoms with E-state index in [0.717, 1.165) is 35.5 Å². The molecule has 1 aliphatic heterocycles. The molecule has 1 fully saturated rings. The number of amidine groups is 1. The Morgan fingerprint density at radius 3 is 2.31 bits per heavy atom. The summed E-state index contributed by atoms with van der Waals surface area (Å²) in [5.74, 6) is 1.88. The molecule has 1 heterocycles. The number of thioether (sulfide) groups is 2. The van der Waals surface area contributed by atoms with Gasteiger partial charge < -0.3 is 5.73 Å². The first kappa shape index (κ1) is 19.1. The molecular weight excluding hydrogens is 360 g/mol. The molecule has 0 amide bonds. The van der Waals surface area contributed by atoms with Crippen molar-refractivity contribution in [1.82, 2.24) is 0 Å². The average molecular weight is 385 g/mol. The monoisotopic (exact) mass is 384 g/mol. The zero-order valence-electron chi connectivity index (χ0n) is 15.5. The molecule has 0 aromatic heterocycles. The van der Waals surface area contributed by atoms with E-state index in [1.54, 1.807) is 23.5 Å². The summed E-state index contributed by atoms with van der Waals surface area (Å²) in [4.78, 5) is 4.79. The van der Waals surface area contributed by atoms with Crippen LogP contribution in [0.2, 0.25) is 0 Å². The molecule has 3 rings (SSSR count). The van der Waals surface area contributed by atoms with E-state index in [4.69, 9.17) is 10.7 Å². The second-order valence-corrected chi connectivity index (χ2v) is 9.80. The average Bonchev–Trinajstić information content (AvgIpc) is 3.23. The lowest BCUT2D eigenvalue weighted by Crippen LogP contribution is -2.32. The predicted octanol–water partition coefficient (Wildman–Crippen LogP) is 4.42. The van der Waals surface area contributed by atoms with Crippen LogP contribution in [0.1, 0.15) is 43.7 Å². The van der Waals surface area contributed by atoms with E-state index in [1.807, 2.05) is 25.1 Å². The second-order valence-electron chi connectivity index (χ2n) is 6.96. The standard InChI is InChI=1S/C20H24N4S2/c1-4-9-25-20(26-10-5-2)19(13-22)16(15-8-6-7-14(3)11-15)18(19,12-21)17(23)24-20/h6-8,11,16H,4-5,9-10H2,1-3H3,(H2,23,24). The number of aliphatic imine (C=N–C) groups is 1. The van der Waals surface area contributed by atoms with Crippen molar-refractivity contribution < 1.29 is 0 Å². The lowest BCUT2D eigenvalue weighted by Gasteiger charge is -2.32. The van der Waals surface area contributed by atoms with Gasteiger partial charge in [-0.3, -0.25) is 0 Å². The summed E-state index contributed by atoms with van der Waals surface area (Å²) in [6.07, 6.45) is 1.98. The molecule has 2 N–H and O–H groups in total. The number of nitriles is 2. The van der Waals surface area contributed by atoms with Gasteiger partial charge in [-0.2, -0.15) is 10.5 Å². The summed E-state index contributed by atoms with van der Waals surface area (Å²) >= 11 is 3.37. The molecule has 1 aromatic rings. The number of nitrogens with zero attached hydrogens (tertiary/aromatic N) is 3. The minimum absolute atomic E-state index is 0.226. The van der Waals surface area contributed by atoms with E-state index < -0.39 is 15.0 Å². The number of fused-ring (bicyclic) bond motifs is 1. The summed E-state index contributed by atoms with van der Waals surface area (Å²) in [7, 11) is 0. The molecule has 1 saturated carbocycles. The fourth-order valence-corrected chi connectivity index (χ4v) is 7.41. The van der Waals surface area contributed by atoms with Crippen LogP contribution >= 0.6 is 23.5 Å². The normalized spacial score (nSPS) is 30.8. The van der Waals surface area contributed by atoms with E-state index in [9.17, 15) is 10.5 Å². The van der Waals surface area contributed by atoms with Gasteiger partial charge in [0, 0.05) is 5.92 Å². The highest BCUT2D eigenvalue weighted by Gasteiger charge is 2.91. The minimum atomic E-state index is -1.02. The highest BCUT2D eigenvalue weighted by atomic mass is 32.2. The van der Waals surface area contributed by atoms with Crippen LogP contribution in [0.25, 0.3) is 0 Å². The van der Waals surface area contributed by atoms with E-state index in [0.29, 0.717) is 5.84 Å². The largest absolute Gasteiger partial charge is 0.386 e. The molecule has 26 heavy (non-hydrogen) atoms. The molecule has 1 aliphatic carbocycles. The Labute approximate surface area is 164 Å². The number of benzene rings is 1. The van der Waals surface area contributed by atoms with E-state index in [2.05, 4.69) is 32.1 Å². The third kappa shape index (κ3) is 2.25. The smallest absolute Gasteiger partial charge is 0.175 e. The Morgan fingerprint density at radius 2 is 1.81 bits per heavy atom. The lowest BCUT2D eigenvalue weighted by atomic mass is 9.97. The van der Waals surface area contributed by atoms with Gasteiger partial charge in [0.2, 0.25) is 0 Å². The number of aryl methyl sites for hydroxylation is 1. The van der Waals surface area contributed by atoms with Crippen LogP contribution in [0, 0.1) is 40.4 Å². The quantitative estimate of drug-likeness (QED) is 0.703. The Hall–Kier alpha value is -1.63. The molecule has 0 saturated heterocycles. The van der Waals surface area contributed by atoms with E-state index in [-0.39, 0.29) is 5.92 Å². The molecule has 3 unspecified atom stereocenters. The van der Waals surface area contributed by atoms with Crippen molar-refractivity contribution in [2.24, 2.45) is 21.6 Å². The van der Waals surface area contributed by atoms with Crippen LogP contribution < -0.4 is 5.73 Å². The Bertz CT molecular complexity index is 814. The highest BCUT2D eigenvalue weighted by Crippen LogP contribution is 2.85. The van der Waals surface area contributed by atoms with Gasteiger partial charge in [0.25, 0.3) is 0 Å². The Balaban J connectivity index is 2.17. The van der Waals surface area contributed by atoms with Gasteiger partial charge in [0.1, 0.15) is 16.7 Å². The molecule has 0 radical (unpaired) electrons. The number of rotatable bonds is 7. The van der Waals surface area contributed by atoms with Crippen molar-refractivity contribution in [1.29, 1.82) is 10.5 Å². The van der Waals surface area contributed by atoms with Crippen LogP contribution in [-0.4, -0.2) is 21.5 Å². The molecule has 1 aromatic carbocycles. The van der Waals surface area contributed by atoms with Gasteiger partial charge in [-0.15, -0.1) is 23.5 Å². The second kappa shape index (κ2) is 6.83. The first-order valence-electron chi connectivity index (χ1n) is 9.02. The first-order valence-corrected chi connectivity index (χ1v) is 11.0. The van der Waals surface area contributed by atoms with Gasteiger partial charge in [-0.1, -0.05) is 43.7 Å². The third-order valence-corrected chi connectivity index (χ3v) is 8.85. The number of nitrogens with two attached hydrogens (primary N) is 1. The van der Waals surface area contributed by atoms with E-state index in [1.165, 1.54) is 0 Å². The SMILES string of the molecule is CCCSC1(SCCC)N=C(N)C2(C#N)C(c3cccc(C)c3)C12C#N. The van der Waals surface area contributed by atoms with Gasteiger partial charge >= 0.3 is 0 Å². The van der Waals surface area contributed by atoms with Crippen molar-refractivity contribution >= 4 is 29.4 Å². The van der Waals surface area contributed by atoms with Crippen LogP contribution in [0.4, 0.5) is 0 Å². The summed E-state index contributed by atoms with van der Waals surface area (Å²) in [5, 5.41) is 20.5. The number of hydrogen-bond donors (Lipinski definition) is 1. The van der Waals surface area contributed by atoms with Crippen molar-refractivity contribution in [3.05, 3.63) is 35.4 Å². The van der Waals surface area contributed by atoms with Crippen molar-refractivity contribution in [2.45, 2.75) is 43.7 Å². The van der Waals surface area contributed by atoms with Gasteiger partial charge in [0.05, 0.1) is 12.1 Å².